The number of rotatable bonds is 5. The van der Waals surface area contributed by atoms with Crippen molar-refractivity contribution < 1.29 is 17.6 Å². The Morgan fingerprint density at radius 3 is 2.29 bits per heavy atom. The highest BCUT2D eigenvalue weighted by Gasteiger charge is 2.18. The summed E-state index contributed by atoms with van der Waals surface area (Å²) in [7, 11) is 0. The molecule has 1 nitrogen and oxygen atoms in total. The third-order valence-electron chi connectivity index (χ3n) is 2.38. The number of hydrogen-bond donors (Lipinski definition) is 1. The van der Waals surface area contributed by atoms with Gasteiger partial charge >= 0.3 is 0 Å². The zero-order valence-electron chi connectivity index (χ0n) is 9.79. The van der Waals surface area contributed by atoms with Gasteiger partial charge in [-0.1, -0.05) is 13.8 Å². The SMILES string of the molecule is CC(C)CCCNc1cc(F)c(F)c(F)c1F. The molecule has 0 aliphatic heterocycles. The number of hydrogen-bond acceptors (Lipinski definition) is 1. The van der Waals surface area contributed by atoms with Gasteiger partial charge in [0.05, 0.1) is 5.69 Å². The molecular formula is C12H15F4N. The Hall–Kier alpha value is -1.26. The molecule has 0 aliphatic carbocycles. The van der Waals surface area contributed by atoms with Crippen molar-refractivity contribution in [1.82, 2.24) is 0 Å². The second-order valence-corrected chi connectivity index (χ2v) is 4.31. The Labute approximate surface area is 97.8 Å². The molecule has 0 atom stereocenters. The zero-order chi connectivity index (χ0) is 13.0. The summed E-state index contributed by atoms with van der Waals surface area (Å²) in [5.74, 6) is -5.83. The second-order valence-electron chi connectivity index (χ2n) is 4.31. The maximum Gasteiger partial charge on any atom is 0.199 e. The predicted octanol–water partition coefficient (Wildman–Crippen LogP) is 4.09. The van der Waals surface area contributed by atoms with Gasteiger partial charge in [0.25, 0.3) is 0 Å². The van der Waals surface area contributed by atoms with Gasteiger partial charge in [-0.2, -0.15) is 0 Å². The van der Waals surface area contributed by atoms with E-state index in [-0.39, 0.29) is 5.69 Å². The van der Waals surface area contributed by atoms with Crippen LogP contribution in [0.2, 0.25) is 0 Å². The monoisotopic (exact) mass is 249 g/mol. The van der Waals surface area contributed by atoms with Crippen LogP contribution in [0.4, 0.5) is 23.2 Å². The normalized spacial score (nSPS) is 11.0. The molecule has 0 aliphatic rings. The standard InChI is InChI=1S/C12H15F4N/c1-7(2)4-3-5-17-9-6-8(13)10(14)12(16)11(9)15/h6-7,17H,3-5H2,1-2H3. The third kappa shape index (κ3) is 3.61. The van der Waals surface area contributed by atoms with Crippen molar-refractivity contribution in [3.8, 4) is 0 Å². The summed E-state index contributed by atoms with van der Waals surface area (Å²) < 4.78 is 51.5. The second kappa shape index (κ2) is 5.89. The minimum atomic E-state index is -1.78. The van der Waals surface area contributed by atoms with E-state index >= 15 is 0 Å². The summed E-state index contributed by atoms with van der Waals surface area (Å²) in [5.41, 5.74) is -0.342. The molecule has 0 radical (unpaired) electrons. The molecule has 0 fully saturated rings. The summed E-state index contributed by atoms with van der Waals surface area (Å²) in [6, 6.07) is 0.628. The van der Waals surface area contributed by atoms with E-state index in [0.29, 0.717) is 18.5 Å². The molecule has 0 bridgehead atoms. The lowest BCUT2D eigenvalue weighted by molar-refractivity contribution is 0.410. The molecule has 0 saturated heterocycles. The topological polar surface area (TPSA) is 12.0 Å². The van der Waals surface area contributed by atoms with Crippen molar-refractivity contribution in [3.63, 3.8) is 0 Å². The molecule has 17 heavy (non-hydrogen) atoms. The fourth-order valence-corrected chi connectivity index (χ4v) is 1.43. The maximum absolute atomic E-state index is 13.2. The van der Waals surface area contributed by atoms with Crippen LogP contribution >= 0.6 is 0 Å². The molecular weight excluding hydrogens is 234 g/mol. The first kappa shape index (κ1) is 13.8. The van der Waals surface area contributed by atoms with Crippen molar-refractivity contribution in [2.24, 2.45) is 5.92 Å². The van der Waals surface area contributed by atoms with Crippen LogP contribution in [0.25, 0.3) is 0 Å². The average molecular weight is 249 g/mol. The van der Waals surface area contributed by atoms with Gasteiger partial charge in [0.2, 0.25) is 0 Å². The van der Waals surface area contributed by atoms with Crippen LogP contribution in [0, 0.1) is 29.2 Å². The van der Waals surface area contributed by atoms with Crippen LogP contribution in [0.15, 0.2) is 6.07 Å². The first-order valence-electron chi connectivity index (χ1n) is 5.50. The van der Waals surface area contributed by atoms with Crippen LogP contribution < -0.4 is 5.32 Å². The van der Waals surface area contributed by atoms with Gasteiger partial charge in [-0.25, -0.2) is 17.6 Å². The number of benzene rings is 1. The maximum atomic E-state index is 13.2. The van der Waals surface area contributed by atoms with Gasteiger partial charge < -0.3 is 5.32 Å². The molecule has 0 aromatic heterocycles. The van der Waals surface area contributed by atoms with Crippen LogP contribution in [-0.4, -0.2) is 6.54 Å². The van der Waals surface area contributed by atoms with Crippen LogP contribution in [0.3, 0.4) is 0 Å². The largest absolute Gasteiger partial charge is 0.383 e. The summed E-state index contributed by atoms with van der Waals surface area (Å²) in [4.78, 5) is 0. The van der Waals surface area contributed by atoms with Gasteiger partial charge in [0.15, 0.2) is 23.3 Å². The van der Waals surface area contributed by atoms with E-state index in [1.54, 1.807) is 0 Å². The lowest BCUT2D eigenvalue weighted by Gasteiger charge is -2.10. The number of halogens is 4. The van der Waals surface area contributed by atoms with E-state index < -0.39 is 23.3 Å². The number of anilines is 1. The molecule has 0 spiro atoms. The lowest BCUT2D eigenvalue weighted by Crippen LogP contribution is -2.08. The summed E-state index contributed by atoms with van der Waals surface area (Å²) >= 11 is 0. The fraction of sp³-hybridized carbons (Fsp3) is 0.500. The lowest BCUT2D eigenvalue weighted by atomic mass is 10.1. The highest BCUT2D eigenvalue weighted by Crippen LogP contribution is 2.22. The van der Waals surface area contributed by atoms with Crippen molar-refractivity contribution in [3.05, 3.63) is 29.3 Å². The Morgan fingerprint density at radius 1 is 1.06 bits per heavy atom. The van der Waals surface area contributed by atoms with E-state index in [0.717, 1.165) is 12.8 Å². The molecule has 1 aromatic rings. The first-order chi connectivity index (χ1) is 7.93. The minimum Gasteiger partial charge on any atom is -0.383 e. The molecule has 1 rings (SSSR count). The molecule has 5 heteroatoms. The van der Waals surface area contributed by atoms with Crippen molar-refractivity contribution in [1.29, 1.82) is 0 Å². The Balaban J connectivity index is 2.66. The van der Waals surface area contributed by atoms with Gasteiger partial charge in [0, 0.05) is 12.6 Å². The van der Waals surface area contributed by atoms with Gasteiger partial charge in [-0.05, 0) is 18.8 Å². The summed E-state index contributed by atoms with van der Waals surface area (Å²) in [5, 5.41) is 2.56. The summed E-state index contributed by atoms with van der Waals surface area (Å²) in [6.07, 6.45) is 1.67. The fourth-order valence-electron chi connectivity index (χ4n) is 1.43. The van der Waals surface area contributed by atoms with Gasteiger partial charge in [0.1, 0.15) is 0 Å². The Kier molecular flexibility index (Phi) is 4.78. The first-order valence-corrected chi connectivity index (χ1v) is 5.50. The minimum absolute atomic E-state index is 0.342. The van der Waals surface area contributed by atoms with Crippen molar-refractivity contribution in [2.45, 2.75) is 26.7 Å². The van der Waals surface area contributed by atoms with Gasteiger partial charge in [-0.3, -0.25) is 0 Å². The molecule has 0 heterocycles. The number of nitrogens with one attached hydrogen (secondary N) is 1. The van der Waals surface area contributed by atoms with E-state index in [1.165, 1.54) is 0 Å². The third-order valence-corrected chi connectivity index (χ3v) is 2.38. The van der Waals surface area contributed by atoms with Crippen molar-refractivity contribution in [2.75, 3.05) is 11.9 Å². The quantitative estimate of drug-likeness (QED) is 0.358. The molecule has 1 N–H and O–H groups in total. The Bertz CT molecular complexity index is 391. The Morgan fingerprint density at radius 2 is 1.71 bits per heavy atom. The molecule has 0 saturated carbocycles. The van der Waals surface area contributed by atoms with Gasteiger partial charge in [-0.15, -0.1) is 0 Å². The van der Waals surface area contributed by atoms with Crippen LogP contribution in [-0.2, 0) is 0 Å². The van der Waals surface area contributed by atoms with E-state index in [2.05, 4.69) is 5.32 Å². The molecule has 1 aromatic carbocycles. The smallest absolute Gasteiger partial charge is 0.199 e. The molecule has 96 valence electrons. The zero-order valence-corrected chi connectivity index (χ0v) is 9.79. The average Bonchev–Trinajstić information content (AvgIpc) is 2.27. The van der Waals surface area contributed by atoms with Crippen molar-refractivity contribution >= 4 is 5.69 Å². The summed E-state index contributed by atoms with van der Waals surface area (Å²) in [6.45, 7) is 4.47. The van der Waals surface area contributed by atoms with E-state index in [4.69, 9.17) is 0 Å². The molecule has 0 unspecified atom stereocenters. The highest BCUT2D eigenvalue weighted by atomic mass is 19.2. The predicted molar refractivity (Wildman–Crippen MR) is 58.8 cm³/mol. The van der Waals surface area contributed by atoms with E-state index in [9.17, 15) is 17.6 Å². The van der Waals surface area contributed by atoms with Crippen LogP contribution in [0.1, 0.15) is 26.7 Å². The highest BCUT2D eigenvalue weighted by molar-refractivity contribution is 5.45. The van der Waals surface area contributed by atoms with E-state index in [1.807, 2.05) is 13.8 Å². The molecule has 0 amide bonds. The van der Waals surface area contributed by atoms with Crippen LogP contribution in [0.5, 0.6) is 0 Å².